The van der Waals surface area contributed by atoms with Gasteiger partial charge in [-0.3, -0.25) is 13.9 Å². The quantitative estimate of drug-likeness (QED) is 0.386. The highest BCUT2D eigenvalue weighted by atomic mass is 32.2. The topological polar surface area (TPSA) is 86.8 Å². The fraction of sp³-hybridized carbons (Fsp3) is 0.286. The van der Waals surface area contributed by atoms with Crippen LogP contribution < -0.4 is 9.62 Å². The summed E-state index contributed by atoms with van der Waals surface area (Å²) < 4.78 is 56.1. The Labute approximate surface area is 222 Å². The highest BCUT2D eigenvalue weighted by Gasteiger charge is 2.33. The van der Waals surface area contributed by atoms with Crippen molar-refractivity contribution < 1.29 is 26.8 Å². The Morgan fingerprint density at radius 1 is 0.895 bits per heavy atom. The van der Waals surface area contributed by atoms with Gasteiger partial charge in [-0.2, -0.15) is 0 Å². The number of benzene rings is 3. The van der Waals surface area contributed by atoms with Gasteiger partial charge in [0.05, 0.1) is 10.6 Å². The molecule has 3 rings (SSSR count). The van der Waals surface area contributed by atoms with Crippen molar-refractivity contribution in [2.45, 2.75) is 50.7 Å². The van der Waals surface area contributed by atoms with E-state index in [9.17, 15) is 26.8 Å². The van der Waals surface area contributed by atoms with E-state index in [-0.39, 0.29) is 28.7 Å². The van der Waals surface area contributed by atoms with Crippen LogP contribution >= 0.6 is 0 Å². The standard InChI is InChI=1S/C28H31F2N3O4S/c1-4-20(2)31-28(35)21(3)32(18-22-10-8-9-13-26(22)30)27(34)19-33(24-11-6-5-7-12-24)38(36,37)25-16-14-23(29)15-17-25/h5-17,20-21H,4,18-19H2,1-3H3,(H,31,35)/t20-,21+/m0/s1. The van der Waals surface area contributed by atoms with E-state index < -0.39 is 46.1 Å². The molecular formula is C28H31F2N3O4S. The first-order valence-corrected chi connectivity index (χ1v) is 13.6. The molecule has 7 nitrogen and oxygen atoms in total. The van der Waals surface area contributed by atoms with Gasteiger partial charge in [-0.05, 0) is 62.7 Å². The highest BCUT2D eigenvalue weighted by molar-refractivity contribution is 7.92. The zero-order valence-corrected chi connectivity index (χ0v) is 22.3. The number of rotatable bonds is 11. The fourth-order valence-corrected chi connectivity index (χ4v) is 5.13. The van der Waals surface area contributed by atoms with Crippen molar-refractivity contribution in [2.75, 3.05) is 10.8 Å². The molecular weight excluding hydrogens is 512 g/mol. The molecule has 38 heavy (non-hydrogen) atoms. The minimum Gasteiger partial charge on any atom is -0.352 e. The number of anilines is 1. The first-order valence-electron chi connectivity index (χ1n) is 12.2. The summed E-state index contributed by atoms with van der Waals surface area (Å²) in [6.45, 7) is 4.31. The molecule has 2 atom stereocenters. The van der Waals surface area contributed by atoms with Gasteiger partial charge in [-0.25, -0.2) is 17.2 Å². The predicted octanol–water partition coefficient (Wildman–Crippen LogP) is 4.49. The summed E-state index contributed by atoms with van der Waals surface area (Å²) in [6, 6.07) is 16.9. The number of carbonyl (C=O) groups excluding carboxylic acids is 2. The molecule has 0 aromatic heterocycles. The second-order valence-corrected chi connectivity index (χ2v) is 10.8. The number of nitrogens with one attached hydrogen (secondary N) is 1. The molecule has 10 heteroatoms. The van der Waals surface area contributed by atoms with Gasteiger partial charge >= 0.3 is 0 Å². The van der Waals surface area contributed by atoms with Crippen LogP contribution in [0.2, 0.25) is 0 Å². The maximum absolute atomic E-state index is 14.5. The molecule has 1 N–H and O–H groups in total. The van der Waals surface area contributed by atoms with Crippen LogP contribution in [0.1, 0.15) is 32.8 Å². The molecule has 0 aliphatic carbocycles. The number of para-hydroxylation sites is 1. The lowest BCUT2D eigenvalue weighted by Gasteiger charge is -2.32. The molecule has 0 saturated heterocycles. The van der Waals surface area contributed by atoms with E-state index in [1.54, 1.807) is 24.3 Å². The maximum atomic E-state index is 14.5. The first kappa shape index (κ1) is 28.8. The summed E-state index contributed by atoms with van der Waals surface area (Å²) in [5.41, 5.74) is 0.379. The van der Waals surface area contributed by atoms with Crippen LogP contribution in [0.25, 0.3) is 0 Å². The van der Waals surface area contributed by atoms with E-state index in [0.717, 1.165) is 33.5 Å². The monoisotopic (exact) mass is 543 g/mol. The molecule has 3 aromatic carbocycles. The number of halogens is 2. The molecule has 0 unspecified atom stereocenters. The van der Waals surface area contributed by atoms with Crippen molar-refractivity contribution in [3.8, 4) is 0 Å². The van der Waals surface area contributed by atoms with Crippen LogP contribution in [-0.4, -0.2) is 43.8 Å². The summed E-state index contributed by atoms with van der Waals surface area (Å²) in [5.74, 6) is -2.33. The summed E-state index contributed by atoms with van der Waals surface area (Å²) in [6.07, 6.45) is 0.664. The molecule has 3 aromatic rings. The van der Waals surface area contributed by atoms with E-state index in [0.29, 0.717) is 6.42 Å². The largest absolute Gasteiger partial charge is 0.352 e. The van der Waals surface area contributed by atoms with Gasteiger partial charge in [0.25, 0.3) is 10.0 Å². The number of amides is 2. The van der Waals surface area contributed by atoms with Gasteiger partial charge in [-0.15, -0.1) is 0 Å². The molecule has 0 heterocycles. The van der Waals surface area contributed by atoms with E-state index >= 15 is 0 Å². The fourth-order valence-electron chi connectivity index (χ4n) is 3.72. The lowest BCUT2D eigenvalue weighted by Crippen LogP contribution is -2.52. The third-order valence-corrected chi connectivity index (χ3v) is 7.98. The minimum absolute atomic E-state index is 0.157. The zero-order valence-electron chi connectivity index (χ0n) is 21.5. The van der Waals surface area contributed by atoms with Gasteiger partial charge in [0.15, 0.2) is 0 Å². The van der Waals surface area contributed by atoms with Crippen LogP contribution in [0, 0.1) is 11.6 Å². The molecule has 0 aliphatic rings. The SMILES string of the molecule is CC[C@H](C)NC(=O)[C@@H](C)N(Cc1ccccc1F)C(=O)CN(c1ccccc1)S(=O)(=O)c1ccc(F)cc1. The lowest BCUT2D eigenvalue weighted by atomic mass is 10.1. The van der Waals surface area contributed by atoms with E-state index in [2.05, 4.69) is 5.32 Å². The Kier molecular flexibility index (Phi) is 9.57. The summed E-state index contributed by atoms with van der Waals surface area (Å²) in [4.78, 5) is 27.7. The van der Waals surface area contributed by atoms with Gasteiger partial charge in [-0.1, -0.05) is 43.3 Å². The molecule has 0 saturated carbocycles. The van der Waals surface area contributed by atoms with Crippen molar-refractivity contribution in [3.05, 3.63) is 96.1 Å². The number of sulfonamides is 1. The van der Waals surface area contributed by atoms with Gasteiger partial charge < -0.3 is 10.2 Å². The maximum Gasteiger partial charge on any atom is 0.264 e. The Hall–Kier alpha value is -3.79. The average Bonchev–Trinajstić information content (AvgIpc) is 2.91. The van der Waals surface area contributed by atoms with E-state index in [1.165, 1.54) is 37.3 Å². The second kappa shape index (κ2) is 12.6. The Balaban J connectivity index is 2.01. The number of nitrogens with zero attached hydrogens (tertiary/aromatic N) is 2. The molecule has 0 bridgehead atoms. The minimum atomic E-state index is -4.30. The van der Waals surface area contributed by atoms with Crippen LogP contribution in [0.5, 0.6) is 0 Å². The number of hydrogen-bond donors (Lipinski definition) is 1. The Morgan fingerprint density at radius 3 is 2.11 bits per heavy atom. The zero-order chi connectivity index (χ0) is 27.9. The average molecular weight is 544 g/mol. The van der Waals surface area contributed by atoms with E-state index in [1.807, 2.05) is 13.8 Å². The normalized spacial score (nSPS) is 12.9. The predicted molar refractivity (Wildman–Crippen MR) is 142 cm³/mol. The Bertz CT molecular complexity index is 1350. The highest BCUT2D eigenvalue weighted by Crippen LogP contribution is 2.25. The Morgan fingerprint density at radius 2 is 1.50 bits per heavy atom. The van der Waals surface area contributed by atoms with Gasteiger partial charge in [0, 0.05) is 18.2 Å². The molecule has 0 spiro atoms. The lowest BCUT2D eigenvalue weighted by molar-refractivity contribution is -0.139. The third kappa shape index (κ3) is 6.95. The summed E-state index contributed by atoms with van der Waals surface area (Å²) in [5, 5.41) is 2.82. The van der Waals surface area contributed by atoms with Crippen LogP contribution in [-0.2, 0) is 26.2 Å². The summed E-state index contributed by atoms with van der Waals surface area (Å²) in [7, 11) is -4.30. The van der Waals surface area contributed by atoms with Crippen LogP contribution in [0.4, 0.5) is 14.5 Å². The molecule has 2 amide bonds. The van der Waals surface area contributed by atoms with Gasteiger partial charge in [0.2, 0.25) is 11.8 Å². The van der Waals surface area contributed by atoms with Crippen LogP contribution in [0.3, 0.4) is 0 Å². The van der Waals surface area contributed by atoms with Crippen molar-refractivity contribution in [1.29, 1.82) is 0 Å². The molecule has 0 fully saturated rings. The second-order valence-electron chi connectivity index (χ2n) is 8.91. The number of hydrogen-bond acceptors (Lipinski definition) is 4. The molecule has 202 valence electrons. The number of carbonyl (C=O) groups is 2. The van der Waals surface area contributed by atoms with Crippen molar-refractivity contribution in [3.63, 3.8) is 0 Å². The molecule has 0 aliphatic heterocycles. The van der Waals surface area contributed by atoms with Crippen molar-refractivity contribution in [1.82, 2.24) is 10.2 Å². The first-order chi connectivity index (χ1) is 18.0. The van der Waals surface area contributed by atoms with Gasteiger partial charge in [0.1, 0.15) is 24.2 Å². The smallest absolute Gasteiger partial charge is 0.264 e. The summed E-state index contributed by atoms with van der Waals surface area (Å²) >= 11 is 0. The molecule has 0 radical (unpaired) electrons. The van der Waals surface area contributed by atoms with Crippen molar-refractivity contribution in [2.24, 2.45) is 0 Å². The third-order valence-electron chi connectivity index (χ3n) is 6.19. The van der Waals surface area contributed by atoms with E-state index in [4.69, 9.17) is 0 Å². The van der Waals surface area contributed by atoms with Crippen LogP contribution in [0.15, 0.2) is 83.8 Å². The van der Waals surface area contributed by atoms with Crippen molar-refractivity contribution >= 4 is 27.5 Å².